The minimum absolute atomic E-state index is 0.0684. The van der Waals surface area contributed by atoms with Crippen molar-refractivity contribution in [2.24, 2.45) is 0 Å². The van der Waals surface area contributed by atoms with Crippen LogP contribution in [0.2, 0.25) is 10.0 Å². The molecule has 0 heterocycles. The van der Waals surface area contributed by atoms with Crippen molar-refractivity contribution < 1.29 is 19.9 Å². The zero-order valence-electron chi connectivity index (χ0n) is 21.7. The Hall–Kier alpha value is -2.90. The Morgan fingerprint density at radius 3 is 2.19 bits per heavy atom. The summed E-state index contributed by atoms with van der Waals surface area (Å²) in [5.41, 5.74) is 2.58. The minimum Gasteiger partial charge on any atom is -0.506 e. The second kappa shape index (κ2) is 15.2. The van der Waals surface area contributed by atoms with Gasteiger partial charge in [-0.05, 0) is 128 Å². The van der Waals surface area contributed by atoms with Gasteiger partial charge < -0.3 is 15.5 Å². The van der Waals surface area contributed by atoms with Crippen molar-refractivity contribution in [2.75, 3.05) is 5.32 Å². The largest absolute Gasteiger partial charge is 0.506 e. The number of halogens is 5. The third-order valence-electron chi connectivity index (χ3n) is 5.88. The Morgan fingerprint density at radius 1 is 0.977 bits per heavy atom. The molecule has 0 aromatic heterocycles. The first kappa shape index (κ1) is 34.6. The summed E-state index contributed by atoms with van der Waals surface area (Å²) in [6.45, 7) is 1.82. The van der Waals surface area contributed by atoms with Crippen molar-refractivity contribution in [1.82, 2.24) is 0 Å². The van der Waals surface area contributed by atoms with E-state index in [1.54, 1.807) is 77.2 Å². The van der Waals surface area contributed by atoms with Crippen molar-refractivity contribution in [2.45, 2.75) is 12.8 Å². The summed E-state index contributed by atoms with van der Waals surface area (Å²) in [7, 11) is 0. The zero-order chi connectivity index (χ0) is 32.0. The highest BCUT2D eigenvalue weighted by Crippen LogP contribution is 2.35. The predicted molar refractivity (Wildman–Crippen MR) is 189 cm³/mol. The maximum Gasteiger partial charge on any atom is 0.313 e. The second-order valence-corrected chi connectivity index (χ2v) is 13.1. The number of nitro benzene ring substituents is 1. The van der Waals surface area contributed by atoms with Gasteiger partial charge in [-0.25, -0.2) is 0 Å². The summed E-state index contributed by atoms with van der Waals surface area (Å²) in [6.07, 6.45) is 0. The van der Waals surface area contributed by atoms with Crippen LogP contribution in [-0.4, -0.2) is 21.0 Å². The van der Waals surface area contributed by atoms with Gasteiger partial charge in [0.2, 0.25) is 5.75 Å². The van der Waals surface area contributed by atoms with E-state index < -0.39 is 28.2 Å². The number of amides is 1. The van der Waals surface area contributed by atoms with Crippen LogP contribution in [-0.2, 0) is 0 Å². The molecule has 3 N–H and O–H groups in total. The lowest BCUT2D eigenvalue weighted by molar-refractivity contribution is -0.386. The third-order valence-corrected chi connectivity index (χ3v) is 8.72. The standard InChI is InChI=1S/C22H14Cl2I2N2O2.C7H3IN2O3/c1-11-6-15(17(10-27)12-2-4-13(23)5-3-12)18(24)9-20(11)28-22(30)16-7-14(25)8-19(26)21(16)29;8-5-1-4(3-9)2-6(7(5)11)10(12)13/h2-9,17,29H,1H3,(H,28,30);1-2,11H. The summed E-state index contributed by atoms with van der Waals surface area (Å²) in [5.74, 6) is -1.48. The molecule has 0 fully saturated rings. The van der Waals surface area contributed by atoms with E-state index in [-0.39, 0.29) is 16.9 Å². The van der Waals surface area contributed by atoms with Crippen LogP contribution < -0.4 is 5.32 Å². The van der Waals surface area contributed by atoms with E-state index in [0.717, 1.165) is 20.8 Å². The van der Waals surface area contributed by atoms with E-state index in [4.69, 9.17) is 28.5 Å². The number of rotatable bonds is 5. The predicted octanol–water partition coefficient (Wildman–Crippen LogP) is 8.90. The molecule has 1 atom stereocenters. The minimum atomic E-state index is -0.724. The van der Waals surface area contributed by atoms with Crippen molar-refractivity contribution in [3.05, 3.63) is 119 Å². The number of nitrogens with one attached hydrogen (secondary N) is 1. The van der Waals surface area contributed by atoms with Crippen LogP contribution in [0.4, 0.5) is 11.4 Å². The number of phenolic OH excluding ortho intramolecular Hbond substituents is 2. The molecule has 9 nitrogen and oxygen atoms in total. The highest BCUT2D eigenvalue weighted by Gasteiger charge is 2.21. The number of carbonyl (C=O) groups is 1. The Kier molecular flexibility index (Phi) is 12.2. The number of phenols is 2. The molecule has 0 spiro atoms. The van der Waals surface area contributed by atoms with Gasteiger partial charge in [0.25, 0.3) is 5.91 Å². The van der Waals surface area contributed by atoms with Crippen LogP contribution in [0, 0.1) is 50.4 Å². The van der Waals surface area contributed by atoms with E-state index in [0.29, 0.717) is 28.4 Å². The molecule has 0 saturated heterocycles. The number of nitriles is 2. The van der Waals surface area contributed by atoms with Crippen LogP contribution in [0.5, 0.6) is 11.5 Å². The first-order valence-corrected chi connectivity index (χ1v) is 15.8. The number of benzene rings is 4. The van der Waals surface area contributed by atoms with Gasteiger partial charge in [0.15, 0.2) is 0 Å². The maximum atomic E-state index is 12.7. The number of aryl methyl sites for hydroxylation is 1. The lowest BCUT2D eigenvalue weighted by atomic mass is 9.91. The van der Waals surface area contributed by atoms with E-state index >= 15 is 0 Å². The monoisotopic (exact) mass is 952 g/mol. The fraction of sp³-hybridized carbons (Fsp3) is 0.0690. The van der Waals surface area contributed by atoms with Crippen molar-refractivity contribution in [1.29, 1.82) is 10.5 Å². The lowest BCUT2D eigenvalue weighted by Crippen LogP contribution is -2.14. The van der Waals surface area contributed by atoms with Gasteiger partial charge in [-0.2, -0.15) is 10.5 Å². The van der Waals surface area contributed by atoms with Gasteiger partial charge in [-0.3, -0.25) is 14.9 Å². The van der Waals surface area contributed by atoms with Crippen LogP contribution >= 0.6 is 91.0 Å². The molecule has 0 aliphatic rings. The fourth-order valence-electron chi connectivity index (χ4n) is 3.76. The quantitative estimate of drug-likeness (QED) is 0.102. The molecule has 4 rings (SSSR count). The summed E-state index contributed by atoms with van der Waals surface area (Å²) in [6, 6.07) is 20.3. The molecule has 0 bridgehead atoms. The number of nitrogens with zero attached hydrogens (tertiary/aromatic N) is 3. The summed E-state index contributed by atoms with van der Waals surface area (Å²) in [5, 5.41) is 51.8. The Balaban J connectivity index is 0.000000326. The average molecular weight is 953 g/mol. The van der Waals surface area contributed by atoms with Crippen LogP contribution in [0.25, 0.3) is 0 Å². The molecule has 1 amide bonds. The lowest BCUT2D eigenvalue weighted by Gasteiger charge is -2.16. The molecule has 0 radical (unpaired) electrons. The smallest absolute Gasteiger partial charge is 0.313 e. The number of carbonyl (C=O) groups excluding carboxylic acids is 1. The van der Waals surface area contributed by atoms with E-state index in [1.807, 2.05) is 29.5 Å². The molecule has 0 saturated carbocycles. The van der Waals surface area contributed by atoms with Gasteiger partial charge in [0, 0.05) is 25.4 Å². The summed E-state index contributed by atoms with van der Waals surface area (Å²) >= 11 is 18.2. The number of anilines is 1. The average Bonchev–Trinajstić information content (AvgIpc) is 2.96. The molecule has 1 unspecified atom stereocenters. The van der Waals surface area contributed by atoms with Crippen LogP contribution in [0.15, 0.2) is 60.7 Å². The molecule has 43 heavy (non-hydrogen) atoms. The SMILES string of the molecule is Cc1cc(C(C#N)c2ccc(Cl)cc2)c(Cl)cc1NC(=O)c1cc(I)cc(I)c1O.N#Cc1cc(I)c(O)c([N+](=O)[O-])c1. The molecular formula is C29H17Cl2I3N4O5. The molecule has 0 aliphatic carbocycles. The highest BCUT2D eigenvalue weighted by molar-refractivity contribution is 14.1. The fourth-order valence-corrected chi connectivity index (χ4v) is 6.61. The van der Waals surface area contributed by atoms with Gasteiger partial charge in [0.1, 0.15) is 5.75 Å². The summed E-state index contributed by atoms with van der Waals surface area (Å²) in [4.78, 5) is 22.4. The first-order chi connectivity index (χ1) is 20.3. The molecule has 4 aromatic carbocycles. The van der Waals surface area contributed by atoms with E-state index in [2.05, 4.69) is 34.0 Å². The summed E-state index contributed by atoms with van der Waals surface area (Å²) < 4.78 is 1.72. The Bertz CT molecular complexity index is 1820. The highest BCUT2D eigenvalue weighted by atomic mass is 127. The number of hydrogen-bond donors (Lipinski definition) is 3. The molecule has 0 aliphatic heterocycles. The van der Waals surface area contributed by atoms with E-state index in [1.165, 1.54) is 6.07 Å². The molecule has 4 aromatic rings. The van der Waals surface area contributed by atoms with Crippen molar-refractivity contribution >= 4 is 108 Å². The normalized spacial score (nSPS) is 10.9. The molecule has 218 valence electrons. The Morgan fingerprint density at radius 2 is 1.60 bits per heavy atom. The van der Waals surface area contributed by atoms with Gasteiger partial charge >= 0.3 is 5.69 Å². The second-order valence-electron chi connectivity index (χ2n) is 8.73. The maximum absolute atomic E-state index is 12.7. The Labute approximate surface area is 297 Å². The van der Waals surface area contributed by atoms with Crippen molar-refractivity contribution in [3.8, 4) is 23.6 Å². The molecule has 14 heteroatoms. The van der Waals surface area contributed by atoms with Crippen molar-refractivity contribution in [3.63, 3.8) is 0 Å². The molecular weight excluding hydrogens is 936 g/mol. The van der Waals surface area contributed by atoms with E-state index in [9.17, 15) is 30.4 Å². The van der Waals surface area contributed by atoms with Gasteiger partial charge in [0.05, 0.1) is 41.2 Å². The number of nitro groups is 1. The first-order valence-electron chi connectivity index (χ1n) is 11.8. The van der Waals surface area contributed by atoms with Crippen LogP contribution in [0.3, 0.4) is 0 Å². The zero-order valence-corrected chi connectivity index (χ0v) is 29.7. The number of aromatic hydroxyl groups is 2. The number of hydrogen-bond acceptors (Lipinski definition) is 7. The van der Waals surface area contributed by atoms with Gasteiger partial charge in [-0.15, -0.1) is 0 Å². The topological polar surface area (TPSA) is 160 Å². The van der Waals surface area contributed by atoms with Gasteiger partial charge in [-0.1, -0.05) is 41.4 Å². The van der Waals surface area contributed by atoms with Crippen LogP contribution in [0.1, 0.15) is 38.5 Å². The third kappa shape index (κ3) is 8.60.